The van der Waals surface area contributed by atoms with Crippen molar-refractivity contribution in [3.05, 3.63) is 53.0 Å². The van der Waals surface area contributed by atoms with E-state index in [4.69, 9.17) is 0 Å². The first-order valence-corrected chi connectivity index (χ1v) is 8.64. The number of halogens is 1. The third-order valence-corrected chi connectivity index (χ3v) is 5.92. The van der Waals surface area contributed by atoms with Crippen molar-refractivity contribution in [3.63, 3.8) is 0 Å². The molecule has 4 atom stereocenters. The van der Waals surface area contributed by atoms with E-state index in [1.54, 1.807) is 0 Å². The second kappa shape index (κ2) is 5.17. The van der Waals surface area contributed by atoms with Gasteiger partial charge in [0.05, 0.1) is 0 Å². The Balaban J connectivity index is 1.63. The molecule has 0 heterocycles. The summed E-state index contributed by atoms with van der Waals surface area (Å²) in [7, 11) is 0. The molecular formula is C19H20BrN. The molecule has 2 heteroatoms. The molecule has 0 saturated heterocycles. The van der Waals surface area contributed by atoms with Crippen LogP contribution < -0.4 is 5.32 Å². The number of hydrogen-bond donors (Lipinski definition) is 1. The highest BCUT2D eigenvalue weighted by Gasteiger charge is 2.38. The van der Waals surface area contributed by atoms with Crippen LogP contribution in [0.2, 0.25) is 0 Å². The van der Waals surface area contributed by atoms with Gasteiger partial charge in [-0.2, -0.15) is 0 Å². The highest BCUT2D eigenvalue weighted by atomic mass is 79.9. The fourth-order valence-corrected chi connectivity index (χ4v) is 4.62. The van der Waals surface area contributed by atoms with Crippen LogP contribution in [0.3, 0.4) is 0 Å². The Hall–Kier alpha value is -1.28. The maximum Gasteiger partial charge on any atom is 0.0422 e. The second-order valence-corrected chi connectivity index (χ2v) is 7.37. The molecule has 0 aromatic heterocycles. The highest BCUT2D eigenvalue weighted by molar-refractivity contribution is 9.10. The molecule has 1 nitrogen and oxygen atoms in total. The zero-order valence-corrected chi connectivity index (χ0v) is 13.8. The number of allylic oxidation sites excluding steroid dienone is 2. The maximum absolute atomic E-state index is 3.78. The second-order valence-electron chi connectivity index (χ2n) is 6.52. The van der Waals surface area contributed by atoms with Gasteiger partial charge < -0.3 is 5.32 Å². The summed E-state index contributed by atoms with van der Waals surface area (Å²) in [6.45, 7) is 2.34. The molecule has 0 aliphatic heterocycles. The van der Waals surface area contributed by atoms with E-state index >= 15 is 0 Å². The first-order chi connectivity index (χ1) is 10.2. The molecule has 108 valence electrons. The normalized spacial score (nSPS) is 28.2. The zero-order chi connectivity index (χ0) is 14.4. The van der Waals surface area contributed by atoms with E-state index in [1.165, 1.54) is 33.8 Å². The van der Waals surface area contributed by atoms with E-state index in [2.05, 4.69) is 76.7 Å². The van der Waals surface area contributed by atoms with Crippen molar-refractivity contribution in [2.75, 3.05) is 5.32 Å². The van der Waals surface area contributed by atoms with Crippen molar-refractivity contribution in [2.24, 2.45) is 17.8 Å². The van der Waals surface area contributed by atoms with Crippen LogP contribution in [-0.2, 0) is 0 Å². The van der Waals surface area contributed by atoms with Gasteiger partial charge in [0.1, 0.15) is 0 Å². The standard InChI is InChI=1S/C19H20BrN/c1-12(17-11-13-6-7-14(17)10-13)21-19-9-8-18(20)15-4-2-3-5-16(15)19/h2-9,12-14,17,21H,10-11H2,1H3. The summed E-state index contributed by atoms with van der Waals surface area (Å²) in [4.78, 5) is 0. The minimum absolute atomic E-state index is 0.523. The van der Waals surface area contributed by atoms with E-state index in [0.717, 1.165) is 17.8 Å². The summed E-state index contributed by atoms with van der Waals surface area (Å²) >= 11 is 3.65. The summed E-state index contributed by atoms with van der Waals surface area (Å²) in [5.74, 6) is 2.41. The molecular weight excluding hydrogens is 322 g/mol. The average molecular weight is 342 g/mol. The Morgan fingerprint density at radius 3 is 2.57 bits per heavy atom. The SMILES string of the molecule is CC(Nc1ccc(Br)c2ccccc12)C1CC2C=CC1C2. The number of nitrogens with one attached hydrogen (secondary N) is 1. The summed E-state index contributed by atoms with van der Waals surface area (Å²) < 4.78 is 1.17. The van der Waals surface area contributed by atoms with Gasteiger partial charge >= 0.3 is 0 Å². The van der Waals surface area contributed by atoms with Gasteiger partial charge in [0.25, 0.3) is 0 Å². The third kappa shape index (κ3) is 2.30. The van der Waals surface area contributed by atoms with Gasteiger partial charge in [-0.1, -0.05) is 52.3 Å². The van der Waals surface area contributed by atoms with Crippen LogP contribution in [0.4, 0.5) is 5.69 Å². The van der Waals surface area contributed by atoms with Gasteiger partial charge in [-0.3, -0.25) is 0 Å². The lowest BCUT2D eigenvalue weighted by Crippen LogP contribution is -2.28. The van der Waals surface area contributed by atoms with Crippen LogP contribution in [0, 0.1) is 17.8 Å². The molecule has 0 spiro atoms. The lowest BCUT2D eigenvalue weighted by atomic mass is 9.87. The van der Waals surface area contributed by atoms with E-state index in [1.807, 2.05) is 0 Å². The predicted octanol–water partition coefficient (Wildman–Crippen LogP) is 5.61. The lowest BCUT2D eigenvalue weighted by molar-refractivity contribution is 0.400. The van der Waals surface area contributed by atoms with E-state index in [-0.39, 0.29) is 0 Å². The Morgan fingerprint density at radius 1 is 1.05 bits per heavy atom. The topological polar surface area (TPSA) is 12.0 Å². The zero-order valence-electron chi connectivity index (χ0n) is 12.2. The van der Waals surface area contributed by atoms with Crippen LogP contribution >= 0.6 is 15.9 Å². The van der Waals surface area contributed by atoms with Gasteiger partial charge in [-0.25, -0.2) is 0 Å². The molecule has 1 saturated carbocycles. The monoisotopic (exact) mass is 341 g/mol. The number of hydrogen-bond acceptors (Lipinski definition) is 1. The molecule has 21 heavy (non-hydrogen) atoms. The fourth-order valence-electron chi connectivity index (χ4n) is 4.14. The van der Waals surface area contributed by atoms with Crippen molar-refractivity contribution in [1.82, 2.24) is 0 Å². The van der Waals surface area contributed by atoms with Crippen LogP contribution in [0.25, 0.3) is 10.8 Å². The predicted molar refractivity (Wildman–Crippen MR) is 93.6 cm³/mol. The Morgan fingerprint density at radius 2 is 1.86 bits per heavy atom. The van der Waals surface area contributed by atoms with Gasteiger partial charge in [-0.15, -0.1) is 0 Å². The largest absolute Gasteiger partial charge is 0.382 e. The van der Waals surface area contributed by atoms with Crippen molar-refractivity contribution >= 4 is 32.4 Å². The molecule has 1 fully saturated rings. The lowest BCUT2D eigenvalue weighted by Gasteiger charge is -2.27. The minimum Gasteiger partial charge on any atom is -0.382 e. The summed E-state index contributed by atoms with van der Waals surface area (Å²) in [5, 5.41) is 6.37. The molecule has 2 aliphatic rings. The first kappa shape index (κ1) is 13.4. The quantitative estimate of drug-likeness (QED) is 0.715. The fraction of sp³-hybridized carbons (Fsp3) is 0.368. The number of anilines is 1. The van der Waals surface area contributed by atoms with Crippen molar-refractivity contribution in [2.45, 2.75) is 25.8 Å². The highest BCUT2D eigenvalue weighted by Crippen LogP contribution is 2.45. The number of benzene rings is 2. The summed E-state index contributed by atoms with van der Waals surface area (Å²) in [6.07, 6.45) is 7.58. The van der Waals surface area contributed by atoms with Crippen LogP contribution in [0.15, 0.2) is 53.0 Å². The van der Waals surface area contributed by atoms with E-state index in [0.29, 0.717) is 6.04 Å². The van der Waals surface area contributed by atoms with Crippen molar-refractivity contribution < 1.29 is 0 Å². The van der Waals surface area contributed by atoms with Gasteiger partial charge in [-0.05, 0) is 55.0 Å². The molecule has 4 rings (SSSR count). The Labute approximate surface area is 134 Å². The molecule has 0 radical (unpaired) electrons. The molecule has 2 bridgehead atoms. The van der Waals surface area contributed by atoms with Crippen molar-refractivity contribution in [3.8, 4) is 0 Å². The van der Waals surface area contributed by atoms with Gasteiger partial charge in [0, 0.05) is 21.6 Å². The number of rotatable bonds is 3. The molecule has 2 aliphatic carbocycles. The van der Waals surface area contributed by atoms with Crippen LogP contribution in [0.5, 0.6) is 0 Å². The molecule has 2 aromatic rings. The molecule has 1 N–H and O–H groups in total. The van der Waals surface area contributed by atoms with Crippen LogP contribution in [-0.4, -0.2) is 6.04 Å². The summed E-state index contributed by atoms with van der Waals surface area (Å²) in [6, 6.07) is 13.5. The van der Waals surface area contributed by atoms with E-state index in [9.17, 15) is 0 Å². The maximum atomic E-state index is 3.78. The van der Waals surface area contributed by atoms with Crippen LogP contribution in [0.1, 0.15) is 19.8 Å². The molecule has 2 aromatic carbocycles. The molecule has 0 amide bonds. The number of fused-ring (bicyclic) bond motifs is 3. The van der Waals surface area contributed by atoms with Gasteiger partial charge in [0.15, 0.2) is 0 Å². The smallest absolute Gasteiger partial charge is 0.0422 e. The Kier molecular flexibility index (Phi) is 3.30. The minimum atomic E-state index is 0.523. The van der Waals surface area contributed by atoms with Gasteiger partial charge in [0.2, 0.25) is 0 Å². The first-order valence-electron chi connectivity index (χ1n) is 7.84. The molecule has 4 unspecified atom stereocenters. The average Bonchev–Trinajstić information content (AvgIpc) is 3.13. The summed E-state index contributed by atoms with van der Waals surface area (Å²) in [5.41, 5.74) is 1.26. The Bertz CT molecular complexity index is 706. The third-order valence-electron chi connectivity index (χ3n) is 5.23. The van der Waals surface area contributed by atoms with E-state index < -0.39 is 0 Å². The van der Waals surface area contributed by atoms with Crippen molar-refractivity contribution in [1.29, 1.82) is 0 Å².